The van der Waals surface area contributed by atoms with Crippen LogP contribution in [0, 0.1) is 12.8 Å². The second-order valence-electron chi connectivity index (χ2n) is 6.24. The highest BCUT2D eigenvalue weighted by atomic mass is 79.9. The minimum absolute atomic E-state index is 0.0611. The highest BCUT2D eigenvalue weighted by Crippen LogP contribution is 2.21. The summed E-state index contributed by atoms with van der Waals surface area (Å²) < 4.78 is 2.51. The molecule has 0 aliphatic carbocycles. The molecule has 2 aromatic rings. The Bertz CT molecular complexity index is 778. The molecule has 0 radical (unpaired) electrons. The SMILES string of the molecule is Cc1ccc(=O)n(CC2CCN(C(=O)c3ccc(Br)cc3)CC2)n1. The molecule has 6 heteroatoms. The van der Waals surface area contributed by atoms with Crippen LogP contribution in [0.2, 0.25) is 0 Å². The summed E-state index contributed by atoms with van der Waals surface area (Å²) in [6.45, 7) is 3.95. The van der Waals surface area contributed by atoms with Gasteiger partial charge in [0.05, 0.1) is 5.69 Å². The van der Waals surface area contributed by atoms with E-state index in [2.05, 4.69) is 21.0 Å². The third-order valence-electron chi connectivity index (χ3n) is 4.42. The van der Waals surface area contributed by atoms with Crippen molar-refractivity contribution in [2.75, 3.05) is 13.1 Å². The molecule has 1 aliphatic heterocycles. The van der Waals surface area contributed by atoms with Crippen molar-refractivity contribution in [2.45, 2.75) is 26.3 Å². The third-order valence-corrected chi connectivity index (χ3v) is 4.95. The van der Waals surface area contributed by atoms with Crippen LogP contribution in [0.4, 0.5) is 0 Å². The van der Waals surface area contributed by atoms with Gasteiger partial charge in [-0.3, -0.25) is 9.59 Å². The molecule has 1 aromatic carbocycles. The van der Waals surface area contributed by atoms with E-state index in [1.165, 1.54) is 0 Å². The molecule has 5 nitrogen and oxygen atoms in total. The van der Waals surface area contributed by atoms with Crippen LogP contribution in [-0.4, -0.2) is 33.7 Å². The fourth-order valence-electron chi connectivity index (χ4n) is 3.02. The Morgan fingerprint density at radius 3 is 2.50 bits per heavy atom. The van der Waals surface area contributed by atoms with Gasteiger partial charge in [0.1, 0.15) is 0 Å². The average molecular weight is 390 g/mol. The van der Waals surface area contributed by atoms with Crippen molar-refractivity contribution in [3.8, 4) is 0 Å². The molecule has 0 spiro atoms. The van der Waals surface area contributed by atoms with E-state index >= 15 is 0 Å². The number of aromatic nitrogens is 2. The van der Waals surface area contributed by atoms with Crippen molar-refractivity contribution in [3.63, 3.8) is 0 Å². The Balaban J connectivity index is 1.59. The molecule has 0 atom stereocenters. The summed E-state index contributed by atoms with van der Waals surface area (Å²) in [5, 5.41) is 4.30. The van der Waals surface area contributed by atoms with Crippen LogP contribution in [0.25, 0.3) is 0 Å². The number of aryl methyl sites for hydroxylation is 1. The van der Waals surface area contributed by atoms with Crippen LogP contribution in [0.15, 0.2) is 45.7 Å². The summed E-state index contributed by atoms with van der Waals surface area (Å²) in [4.78, 5) is 26.3. The van der Waals surface area contributed by atoms with E-state index in [9.17, 15) is 9.59 Å². The smallest absolute Gasteiger partial charge is 0.266 e. The first kappa shape index (κ1) is 16.9. The second kappa shape index (κ2) is 7.30. The van der Waals surface area contributed by atoms with Gasteiger partial charge >= 0.3 is 0 Å². The Morgan fingerprint density at radius 2 is 1.83 bits per heavy atom. The summed E-state index contributed by atoms with van der Waals surface area (Å²) in [7, 11) is 0. The van der Waals surface area contributed by atoms with E-state index in [1.54, 1.807) is 16.8 Å². The number of nitrogens with zero attached hydrogens (tertiary/aromatic N) is 3. The number of benzene rings is 1. The van der Waals surface area contributed by atoms with Gasteiger partial charge in [-0.05, 0) is 56.0 Å². The Morgan fingerprint density at radius 1 is 1.17 bits per heavy atom. The van der Waals surface area contributed by atoms with Gasteiger partial charge in [-0.2, -0.15) is 5.10 Å². The Hall–Kier alpha value is -1.95. The molecule has 1 aliphatic rings. The zero-order valence-electron chi connectivity index (χ0n) is 13.6. The first-order chi connectivity index (χ1) is 11.5. The summed E-state index contributed by atoms with van der Waals surface area (Å²) >= 11 is 3.38. The number of likely N-dealkylation sites (tertiary alicyclic amines) is 1. The fraction of sp³-hybridized carbons (Fsp3) is 0.389. The predicted molar refractivity (Wildman–Crippen MR) is 96.0 cm³/mol. The summed E-state index contributed by atoms with van der Waals surface area (Å²) in [6.07, 6.45) is 1.79. The lowest BCUT2D eigenvalue weighted by Gasteiger charge is -2.32. The molecular weight excluding hydrogens is 370 g/mol. The minimum Gasteiger partial charge on any atom is -0.339 e. The van der Waals surface area contributed by atoms with E-state index < -0.39 is 0 Å². The van der Waals surface area contributed by atoms with Crippen LogP contribution in [-0.2, 0) is 6.54 Å². The summed E-state index contributed by atoms with van der Waals surface area (Å²) in [5.74, 6) is 0.456. The molecule has 3 rings (SSSR count). The molecule has 2 heterocycles. The highest BCUT2D eigenvalue weighted by molar-refractivity contribution is 9.10. The monoisotopic (exact) mass is 389 g/mol. The largest absolute Gasteiger partial charge is 0.339 e. The van der Waals surface area contributed by atoms with E-state index in [0.29, 0.717) is 18.0 Å². The van der Waals surface area contributed by atoms with Crippen LogP contribution in [0.5, 0.6) is 0 Å². The van der Waals surface area contributed by atoms with Crippen molar-refractivity contribution in [1.82, 2.24) is 14.7 Å². The molecule has 1 saturated heterocycles. The third kappa shape index (κ3) is 3.93. The van der Waals surface area contributed by atoms with E-state index in [0.717, 1.165) is 36.1 Å². The van der Waals surface area contributed by atoms with Gasteiger partial charge in [0.25, 0.3) is 11.5 Å². The van der Waals surface area contributed by atoms with Gasteiger partial charge in [0.15, 0.2) is 0 Å². The molecule has 1 fully saturated rings. The normalized spacial score (nSPS) is 15.5. The predicted octanol–water partition coefficient (Wildman–Crippen LogP) is 2.87. The quantitative estimate of drug-likeness (QED) is 0.810. The zero-order valence-corrected chi connectivity index (χ0v) is 15.2. The van der Waals surface area contributed by atoms with Gasteiger partial charge < -0.3 is 4.90 Å². The first-order valence-corrected chi connectivity index (χ1v) is 8.92. The fourth-order valence-corrected chi connectivity index (χ4v) is 3.28. The maximum absolute atomic E-state index is 12.5. The van der Waals surface area contributed by atoms with Crippen molar-refractivity contribution < 1.29 is 4.79 Å². The van der Waals surface area contributed by atoms with Gasteiger partial charge in [-0.15, -0.1) is 0 Å². The number of halogens is 1. The van der Waals surface area contributed by atoms with Gasteiger partial charge in [-0.1, -0.05) is 15.9 Å². The average Bonchev–Trinajstić information content (AvgIpc) is 2.59. The van der Waals surface area contributed by atoms with E-state index in [4.69, 9.17) is 0 Å². The number of carbonyl (C=O) groups is 1. The maximum atomic E-state index is 12.5. The molecule has 0 unspecified atom stereocenters. The van der Waals surface area contributed by atoms with Crippen molar-refractivity contribution in [2.24, 2.45) is 5.92 Å². The van der Waals surface area contributed by atoms with Crippen molar-refractivity contribution in [1.29, 1.82) is 0 Å². The topological polar surface area (TPSA) is 55.2 Å². The zero-order chi connectivity index (χ0) is 17.1. The summed E-state index contributed by atoms with van der Waals surface area (Å²) in [6, 6.07) is 10.8. The number of carbonyl (C=O) groups excluding carboxylic acids is 1. The number of amides is 1. The second-order valence-corrected chi connectivity index (χ2v) is 7.15. The molecule has 0 saturated carbocycles. The van der Waals surface area contributed by atoms with Crippen LogP contribution < -0.4 is 5.56 Å². The Kier molecular flexibility index (Phi) is 5.14. The molecule has 1 amide bonds. The lowest BCUT2D eigenvalue weighted by molar-refractivity contribution is 0.0680. The first-order valence-electron chi connectivity index (χ1n) is 8.12. The molecule has 0 N–H and O–H groups in total. The molecule has 1 aromatic heterocycles. The van der Waals surface area contributed by atoms with E-state index in [-0.39, 0.29) is 11.5 Å². The molecule has 126 valence electrons. The van der Waals surface area contributed by atoms with Crippen LogP contribution in [0.1, 0.15) is 28.9 Å². The van der Waals surface area contributed by atoms with E-state index in [1.807, 2.05) is 36.1 Å². The molecular formula is C18H20BrN3O2. The van der Waals surface area contributed by atoms with Gasteiger partial charge in [0.2, 0.25) is 0 Å². The number of piperidine rings is 1. The summed E-state index contributed by atoms with van der Waals surface area (Å²) in [5.41, 5.74) is 1.50. The van der Waals surface area contributed by atoms with Gasteiger partial charge in [-0.25, -0.2) is 4.68 Å². The highest BCUT2D eigenvalue weighted by Gasteiger charge is 2.24. The molecule has 0 bridgehead atoms. The number of hydrogen-bond acceptors (Lipinski definition) is 3. The number of hydrogen-bond donors (Lipinski definition) is 0. The lowest BCUT2D eigenvalue weighted by atomic mass is 9.96. The molecule has 24 heavy (non-hydrogen) atoms. The lowest BCUT2D eigenvalue weighted by Crippen LogP contribution is -2.40. The Labute approximate surface area is 149 Å². The minimum atomic E-state index is -0.0611. The van der Waals surface area contributed by atoms with Crippen LogP contribution in [0.3, 0.4) is 0 Å². The maximum Gasteiger partial charge on any atom is 0.266 e. The standard InChI is InChI=1S/C18H20BrN3O2/c1-13-2-7-17(23)22(20-13)12-14-8-10-21(11-9-14)18(24)15-3-5-16(19)6-4-15/h2-7,14H,8-12H2,1H3. The van der Waals surface area contributed by atoms with Crippen LogP contribution >= 0.6 is 15.9 Å². The van der Waals surface area contributed by atoms with Crippen molar-refractivity contribution >= 4 is 21.8 Å². The van der Waals surface area contributed by atoms with Gasteiger partial charge in [0, 0.05) is 35.7 Å². The van der Waals surface area contributed by atoms with Crippen molar-refractivity contribution in [3.05, 3.63) is 62.5 Å². The number of rotatable bonds is 3.